The zero-order chi connectivity index (χ0) is 14.0. The first-order valence-corrected chi connectivity index (χ1v) is 8.29. The van der Waals surface area contributed by atoms with Crippen LogP contribution in [-0.2, 0) is 22.9 Å². The maximum Gasteiger partial charge on any atom is 0.280 e. The molecule has 2 N–H and O–H groups in total. The molecule has 6 nitrogen and oxygen atoms in total. The van der Waals surface area contributed by atoms with Crippen LogP contribution < -0.4 is 4.72 Å². The second-order valence-corrected chi connectivity index (χ2v) is 6.88. The molecule has 2 aromatic rings. The molecule has 8 heteroatoms. The Morgan fingerprint density at radius 3 is 2.63 bits per heavy atom. The lowest BCUT2D eigenvalue weighted by Gasteiger charge is -2.01. The average Bonchev–Trinajstić information content (AvgIpc) is 2.95. The normalized spacial score (nSPS) is 11.7. The Bertz CT molecular complexity index is 673. The van der Waals surface area contributed by atoms with Gasteiger partial charge in [-0.15, -0.1) is 11.3 Å². The summed E-state index contributed by atoms with van der Waals surface area (Å²) in [6.07, 6.45) is 2.77. The summed E-state index contributed by atoms with van der Waals surface area (Å²) in [5.74, 6) is 0.643. The molecule has 0 radical (unpaired) electrons. The zero-order valence-electron chi connectivity index (χ0n) is 11.0. The minimum Gasteiger partial charge on any atom is -0.332 e. The van der Waals surface area contributed by atoms with E-state index < -0.39 is 10.0 Å². The number of nitrogens with one attached hydrogen (secondary N) is 2. The highest BCUT2D eigenvalue weighted by Gasteiger charge is 2.19. The topological polar surface area (TPSA) is 87.7 Å². The molecule has 0 aliphatic heterocycles. The average molecular weight is 300 g/mol. The van der Waals surface area contributed by atoms with Crippen molar-refractivity contribution in [1.82, 2.24) is 15.0 Å². The molecule has 0 aromatic carbocycles. The molecule has 104 valence electrons. The van der Waals surface area contributed by atoms with Gasteiger partial charge >= 0.3 is 0 Å². The van der Waals surface area contributed by atoms with Crippen molar-refractivity contribution in [1.29, 1.82) is 0 Å². The van der Waals surface area contributed by atoms with E-state index in [1.807, 2.05) is 20.8 Å². The van der Waals surface area contributed by atoms with E-state index in [0.717, 1.165) is 17.0 Å². The number of hydrogen-bond donors (Lipinski definition) is 2. The summed E-state index contributed by atoms with van der Waals surface area (Å²) < 4.78 is 26.7. The van der Waals surface area contributed by atoms with Crippen molar-refractivity contribution in [2.45, 2.75) is 38.6 Å². The van der Waals surface area contributed by atoms with Crippen molar-refractivity contribution >= 4 is 26.5 Å². The smallest absolute Gasteiger partial charge is 0.280 e. The van der Waals surface area contributed by atoms with E-state index in [9.17, 15) is 8.42 Å². The van der Waals surface area contributed by atoms with Gasteiger partial charge in [0.1, 0.15) is 5.82 Å². The third-order valence-corrected chi connectivity index (χ3v) is 4.99. The molecule has 2 aromatic heterocycles. The van der Waals surface area contributed by atoms with Crippen molar-refractivity contribution < 1.29 is 8.42 Å². The lowest BCUT2D eigenvalue weighted by Crippen LogP contribution is -2.13. The molecule has 0 unspecified atom stereocenters. The van der Waals surface area contributed by atoms with Crippen LogP contribution in [0.4, 0.5) is 5.13 Å². The number of H-pyrrole nitrogens is 1. The largest absolute Gasteiger partial charge is 0.332 e. The van der Waals surface area contributed by atoms with E-state index in [-0.39, 0.29) is 5.03 Å². The predicted octanol–water partition coefficient (Wildman–Crippen LogP) is 2.10. The van der Waals surface area contributed by atoms with E-state index in [0.29, 0.717) is 17.4 Å². The Labute approximate surface area is 116 Å². The van der Waals surface area contributed by atoms with Crippen LogP contribution in [0.15, 0.2) is 11.2 Å². The molecular formula is C11H16N4O2S2. The van der Waals surface area contributed by atoms with Gasteiger partial charge in [-0.2, -0.15) is 8.42 Å². The Morgan fingerprint density at radius 1 is 1.37 bits per heavy atom. The summed E-state index contributed by atoms with van der Waals surface area (Å²) in [7, 11) is -3.63. The Hall–Kier alpha value is -1.41. The molecule has 19 heavy (non-hydrogen) atoms. The number of anilines is 1. The number of sulfonamides is 1. The standard InChI is InChI=1S/C11H16N4O2S2/c1-4-8-7(3)18-11(13-8)15-19(16,17)10-6-12-9(5-2)14-10/h6H,4-5H2,1-3H3,(H,12,14)(H,13,15). The molecule has 0 bridgehead atoms. The van der Waals surface area contributed by atoms with E-state index in [1.54, 1.807) is 0 Å². The third-order valence-electron chi connectivity index (χ3n) is 2.68. The highest BCUT2D eigenvalue weighted by Crippen LogP contribution is 2.24. The maximum absolute atomic E-state index is 12.1. The third kappa shape index (κ3) is 2.95. The molecule has 2 heterocycles. The first-order valence-electron chi connectivity index (χ1n) is 5.99. The maximum atomic E-state index is 12.1. The second kappa shape index (κ2) is 5.30. The van der Waals surface area contributed by atoms with Crippen LogP contribution in [0, 0.1) is 6.92 Å². The lowest BCUT2D eigenvalue weighted by atomic mass is 10.3. The fraction of sp³-hybridized carbons (Fsp3) is 0.455. The molecule has 0 fully saturated rings. The molecule has 0 atom stereocenters. The van der Waals surface area contributed by atoms with Gasteiger partial charge in [0.25, 0.3) is 10.0 Å². The number of nitrogens with zero attached hydrogens (tertiary/aromatic N) is 2. The van der Waals surface area contributed by atoms with Gasteiger partial charge in [0, 0.05) is 11.3 Å². The molecule has 0 aliphatic carbocycles. The minimum atomic E-state index is -3.63. The van der Waals surface area contributed by atoms with Crippen LogP contribution in [0.1, 0.15) is 30.2 Å². The lowest BCUT2D eigenvalue weighted by molar-refractivity contribution is 0.598. The SMILES string of the molecule is CCc1ncc(S(=O)(=O)Nc2nc(CC)c(C)s2)[nH]1. The van der Waals surface area contributed by atoms with Crippen molar-refractivity contribution in [3.8, 4) is 0 Å². The summed E-state index contributed by atoms with van der Waals surface area (Å²) >= 11 is 1.34. The summed E-state index contributed by atoms with van der Waals surface area (Å²) in [6.45, 7) is 5.82. The molecule has 0 amide bonds. The summed E-state index contributed by atoms with van der Waals surface area (Å²) in [5.41, 5.74) is 0.918. The van der Waals surface area contributed by atoms with Crippen LogP contribution in [0.3, 0.4) is 0 Å². The predicted molar refractivity (Wildman–Crippen MR) is 75.0 cm³/mol. The summed E-state index contributed by atoms with van der Waals surface area (Å²) in [6, 6.07) is 0. The fourth-order valence-electron chi connectivity index (χ4n) is 1.63. The molecule has 0 aliphatic rings. The fourth-order valence-corrected chi connectivity index (χ4v) is 3.71. The van der Waals surface area contributed by atoms with Gasteiger partial charge in [-0.1, -0.05) is 13.8 Å². The number of aromatic nitrogens is 3. The van der Waals surface area contributed by atoms with Gasteiger partial charge in [-0.3, -0.25) is 4.72 Å². The Kier molecular flexibility index (Phi) is 3.91. The van der Waals surface area contributed by atoms with Crippen molar-refractivity contribution in [2.75, 3.05) is 4.72 Å². The number of rotatable bonds is 5. The molecular weight excluding hydrogens is 284 g/mol. The van der Waals surface area contributed by atoms with Crippen molar-refractivity contribution in [3.63, 3.8) is 0 Å². The van der Waals surface area contributed by atoms with E-state index in [1.165, 1.54) is 17.5 Å². The highest BCUT2D eigenvalue weighted by molar-refractivity contribution is 7.92. The quantitative estimate of drug-likeness (QED) is 0.885. The monoisotopic (exact) mass is 300 g/mol. The molecule has 0 spiro atoms. The van der Waals surface area contributed by atoms with Crippen LogP contribution in [0.25, 0.3) is 0 Å². The number of aryl methyl sites for hydroxylation is 3. The van der Waals surface area contributed by atoms with Gasteiger partial charge < -0.3 is 4.98 Å². The van der Waals surface area contributed by atoms with E-state index >= 15 is 0 Å². The van der Waals surface area contributed by atoms with Crippen molar-refractivity contribution in [3.05, 3.63) is 22.6 Å². The van der Waals surface area contributed by atoms with Gasteiger partial charge in [0.15, 0.2) is 10.2 Å². The van der Waals surface area contributed by atoms with E-state index in [4.69, 9.17) is 0 Å². The Balaban J connectivity index is 2.25. The number of imidazole rings is 1. The summed E-state index contributed by atoms with van der Waals surface area (Å²) in [5, 5.41) is 0.456. The molecule has 0 saturated carbocycles. The van der Waals surface area contributed by atoms with Gasteiger partial charge in [-0.05, 0) is 13.3 Å². The Morgan fingerprint density at radius 2 is 2.11 bits per heavy atom. The number of hydrogen-bond acceptors (Lipinski definition) is 5. The van der Waals surface area contributed by atoms with Crippen LogP contribution in [0.2, 0.25) is 0 Å². The molecule has 0 saturated heterocycles. The van der Waals surface area contributed by atoms with Crippen LogP contribution in [-0.4, -0.2) is 23.4 Å². The van der Waals surface area contributed by atoms with Crippen LogP contribution >= 0.6 is 11.3 Å². The first-order chi connectivity index (χ1) is 8.96. The molecule has 2 rings (SSSR count). The van der Waals surface area contributed by atoms with Gasteiger partial charge in [-0.25, -0.2) is 9.97 Å². The van der Waals surface area contributed by atoms with Gasteiger partial charge in [0.05, 0.1) is 11.9 Å². The number of aromatic amines is 1. The van der Waals surface area contributed by atoms with E-state index in [2.05, 4.69) is 19.7 Å². The van der Waals surface area contributed by atoms with Crippen molar-refractivity contribution in [2.24, 2.45) is 0 Å². The summed E-state index contributed by atoms with van der Waals surface area (Å²) in [4.78, 5) is 12.1. The van der Waals surface area contributed by atoms with Crippen LogP contribution in [0.5, 0.6) is 0 Å². The first kappa shape index (κ1) is 14.0. The van der Waals surface area contributed by atoms with Gasteiger partial charge in [0.2, 0.25) is 0 Å². The second-order valence-electron chi connectivity index (χ2n) is 4.03. The number of thiazole rings is 1. The minimum absolute atomic E-state index is 0.0650. The zero-order valence-corrected chi connectivity index (χ0v) is 12.7. The highest BCUT2D eigenvalue weighted by atomic mass is 32.2.